The van der Waals surface area contributed by atoms with Gasteiger partial charge in [-0.2, -0.15) is 0 Å². The summed E-state index contributed by atoms with van der Waals surface area (Å²) in [6.07, 6.45) is 5.75. The molecule has 1 atom stereocenters. The molecule has 5 heteroatoms. The molecule has 0 amide bonds. The van der Waals surface area contributed by atoms with Crippen LogP contribution in [0.2, 0.25) is 5.02 Å². The van der Waals surface area contributed by atoms with Crippen LogP contribution in [0.1, 0.15) is 17.5 Å². The van der Waals surface area contributed by atoms with Gasteiger partial charge in [-0.15, -0.1) is 0 Å². The summed E-state index contributed by atoms with van der Waals surface area (Å²) < 4.78 is 13.7. The van der Waals surface area contributed by atoms with Crippen molar-refractivity contribution in [1.82, 2.24) is 10.4 Å². The molecule has 0 spiro atoms. The van der Waals surface area contributed by atoms with E-state index in [1.807, 2.05) is 12.1 Å². The van der Waals surface area contributed by atoms with Gasteiger partial charge in [-0.3, -0.25) is 16.3 Å². The van der Waals surface area contributed by atoms with Crippen LogP contribution < -0.4 is 11.3 Å². The number of aromatic nitrogens is 1. The second-order valence-corrected chi connectivity index (χ2v) is 5.13. The number of benzene rings is 1. The molecule has 0 aliphatic carbocycles. The van der Waals surface area contributed by atoms with Gasteiger partial charge in [0.2, 0.25) is 0 Å². The first-order valence-corrected chi connectivity index (χ1v) is 6.86. The summed E-state index contributed by atoms with van der Waals surface area (Å²) in [5.41, 5.74) is 4.56. The fourth-order valence-electron chi connectivity index (χ4n) is 2.09. The molecule has 1 unspecified atom stereocenters. The van der Waals surface area contributed by atoms with E-state index in [4.69, 9.17) is 17.4 Å². The Morgan fingerprint density at radius 1 is 1.25 bits per heavy atom. The molecule has 0 aliphatic heterocycles. The van der Waals surface area contributed by atoms with Crippen LogP contribution in [0.15, 0.2) is 42.7 Å². The SMILES string of the molecule is NNC(CCc1ccncc1)Cc1ccc(Cl)cc1F. The zero-order chi connectivity index (χ0) is 14.4. The van der Waals surface area contributed by atoms with E-state index in [2.05, 4.69) is 10.4 Å². The Hall–Kier alpha value is -1.49. The van der Waals surface area contributed by atoms with Crippen molar-refractivity contribution in [3.63, 3.8) is 0 Å². The smallest absolute Gasteiger partial charge is 0.127 e. The zero-order valence-corrected chi connectivity index (χ0v) is 11.8. The van der Waals surface area contributed by atoms with Crippen molar-refractivity contribution >= 4 is 11.6 Å². The van der Waals surface area contributed by atoms with Gasteiger partial charge in [0.1, 0.15) is 5.82 Å². The Balaban J connectivity index is 1.95. The molecule has 1 aromatic heterocycles. The summed E-state index contributed by atoms with van der Waals surface area (Å²) in [5.74, 6) is 5.26. The van der Waals surface area contributed by atoms with Crippen LogP contribution in [0.4, 0.5) is 4.39 Å². The van der Waals surface area contributed by atoms with Crippen molar-refractivity contribution < 1.29 is 4.39 Å². The highest BCUT2D eigenvalue weighted by Gasteiger charge is 2.11. The normalized spacial score (nSPS) is 12.3. The van der Waals surface area contributed by atoms with Crippen molar-refractivity contribution in [2.45, 2.75) is 25.3 Å². The first-order chi connectivity index (χ1) is 9.69. The van der Waals surface area contributed by atoms with Gasteiger partial charge >= 0.3 is 0 Å². The van der Waals surface area contributed by atoms with E-state index in [0.717, 1.165) is 12.8 Å². The molecule has 0 aliphatic rings. The topological polar surface area (TPSA) is 50.9 Å². The average Bonchev–Trinajstić information content (AvgIpc) is 2.46. The quantitative estimate of drug-likeness (QED) is 0.636. The second-order valence-electron chi connectivity index (χ2n) is 4.70. The van der Waals surface area contributed by atoms with Gasteiger partial charge in [0.05, 0.1) is 0 Å². The minimum atomic E-state index is -0.290. The lowest BCUT2D eigenvalue weighted by atomic mass is 9.99. The zero-order valence-electron chi connectivity index (χ0n) is 11.0. The van der Waals surface area contributed by atoms with Crippen LogP contribution in [0.5, 0.6) is 0 Å². The predicted octanol–water partition coefficient (Wildman–Crippen LogP) is 2.88. The molecule has 3 nitrogen and oxygen atoms in total. The number of aryl methyl sites for hydroxylation is 1. The van der Waals surface area contributed by atoms with Crippen LogP contribution in [-0.2, 0) is 12.8 Å². The van der Waals surface area contributed by atoms with E-state index in [0.29, 0.717) is 17.0 Å². The summed E-state index contributed by atoms with van der Waals surface area (Å²) in [7, 11) is 0. The fraction of sp³-hybridized carbons (Fsp3) is 0.267. The molecule has 3 N–H and O–H groups in total. The molecule has 0 saturated carbocycles. The number of hydrogen-bond donors (Lipinski definition) is 2. The van der Waals surface area contributed by atoms with Gasteiger partial charge in [-0.25, -0.2) is 4.39 Å². The molecule has 1 aromatic carbocycles. The highest BCUT2D eigenvalue weighted by Crippen LogP contribution is 2.17. The molecule has 0 saturated heterocycles. The molecule has 1 heterocycles. The predicted molar refractivity (Wildman–Crippen MR) is 78.8 cm³/mol. The number of halogens is 2. The van der Waals surface area contributed by atoms with Crippen molar-refractivity contribution in [2.24, 2.45) is 5.84 Å². The van der Waals surface area contributed by atoms with E-state index in [9.17, 15) is 4.39 Å². The minimum absolute atomic E-state index is 0.0128. The van der Waals surface area contributed by atoms with Crippen LogP contribution in [-0.4, -0.2) is 11.0 Å². The van der Waals surface area contributed by atoms with Gasteiger partial charge in [0, 0.05) is 23.5 Å². The Labute approximate surface area is 122 Å². The van der Waals surface area contributed by atoms with Crippen LogP contribution >= 0.6 is 11.6 Å². The Kier molecular flexibility index (Phi) is 5.47. The molecular formula is C15H17ClFN3. The third-order valence-corrected chi connectivity index (χ3v) is 3.48. The van der Waals surface area contributed by atoms with Gasteiger partial charge in [-0.05, 0) is 54.7 Å². The summed E-state index contributed by atoms with van der Waals surface area (Å²) >= 11 is 5.74. The van der Waals surface area contributed by atoms with Gasteiger partial charge < -0.3 is 0 Å². The maximum absolute atomic E-state index is 13.7. The summed E-state index contributed by atoms with van der Waals surface area (Å²) in [5, 5.41) is 0.403. The molecule has 2 rings (SSSR count). The Morgan fingerprint density at radius 2 is 2.00 bits per heavy atom. The molecular weight excluding hydrogens is 277 g/mol. The molecule has 2 aromatic rings. The van der Waals surface area contributed by atoms with E-state index in [1.165, 1.54) is 11.6 Å². The second kappa shape index (κ2) is 7.33. The third-order valence-electron chi connectivity index (χ3n) is 3.25. The monoisotopic (exact) mass is 293 g/mol. The van der Waals surface area contributed by atoms with Gasteiger partial charge in [-0.1, -0.05) is 17.7 Å². The van der Waals surface area contributed by atoms with E-state index in [-0.39, 0.29) is 11.9 Å². The van der Waals surface area contributed by atoms with Gasteiger partial charge in [0.15, 0.2) is 0 Å². The summed E-state index contributed by atoms with van der Waals surface area (Å²) in [6.45, 7) is 0. The molecule has 20 heavy (non-hydrogen) atoms. The van der Waals surface area contributed by atoms with Crippen molar-refractivity contribution in [2.75, 3.05) is 0 Å². The lowest BCUT2D eigenvalue weighted by Gasteiger charge is -2.16. The van der Waals surface area contributed by atoms with Crippen molar-refractivity contribution in [3.05, 3.63) is 64.7 Å². The number of nitrogens with two attached hydrogens (primary N) is 1. The average molecular weight is 294 g/mol. The molecule has 0 radical (unpaired) electrons. The molecule has 106 valence electrons. The highest BCUT2D eigenvalue weighted by molar-refractivity contribution is 6.30. The Morgan fingerprint density at radius 3 is 2.65 bits per heavy atom. The van der Waals surface area contributed by atoms with Crippen LogP contribution in [0.25, 0.3) is 0 Å². The number of hydrazine groups is 1. The summed E-state index contributed by atoms with van der Waals surface area (Å²) in [6, 6.07) is 8.67. The molecule has 0 bridgehead atoms. The van der Waals surface area contributed by atoms with E-state index in [1.54, 1.807) is 24.5 Å². The van der Waals surface area contributed by atoms with Crippen molar-refractivity contribution in [1.29, 1.82) is 0 Å². The lowest BCUT2D eigenvalue weighted by molar-refractivity contribution is 0.480. The lowest BCUT2D eigenvalue weighted by Crippen LogP contribution is -2.37. The number of nitrogens with one attached hydrogen (secondary N) is 1. The number of rotatable bonds is 6. The van der Waals surface area contributed by atoms with Gasteiger partial charge in [0.25, 0.3) is 0 Å². The maximum Gasteiger partial charge on any atom is 0.127 e. The number of hydrogen-bond acceptors (Lipinski definition) is 3. The number of nitrogens with zero attached hydrogens (tertiary/aromatic N) is 1. The first kappa shape index (κ1) is 14.9. The first-order valence-electron chi connectivity index (χ1n) is 6.48. The number of pyridine rings is 1. The maximum atomic E-state index is 13.7. The Bertz CT molecular complexity index is 548. The minimum Gasteiger partial charge on any atom is -0.271 e. The standard InChI is InChI=1S/C15H17ClFN3/c16-13-3-2-12(15(17)10-13)9-14(20-18)4-1-11-5-7-19-8-6-11/h2-3,5-8,10,14,20H,1,4,9,18H2. The summed E-state index contributed by atoms with van der Waals surface area (Å²) in [4.78, 5) is 3.98. The molecule has 0 fully saturated rings. The highest BCUT2D eigenvalue weighted by atomic mass is 35.5. The van der Waals surface area contributed by atoms with Crippen LogP contribution in [0, 0.1) is 5.82 Å². The van der Waals surface area contributed by atoms with E-state index < -0.39 is 0 Å². The van der Waals surface area contributed by atoms with Crippen LogP contribution in [0.3, 0.4) is 0 Å². The largest absolute Gasteiger partial charge is 0.271 e. The van der Waals surface area contributed by atoms with Crippen molar-refractivity contribution in [3.8, 4) is 0 Å². The van der Waals surface area contributed by atoms with E-state index >= 15 is 0 Å². The fourth-order valence-corrected chi connectivity index (χ4v) is 2.25. The third kappa shape index (κ3) is 4.27.